The molecule has 15 heavy (non-hydrogen) atoms. The van der Waals surface area contributed by atoms with Crippen LogP contribution in [0.2, 0.25) is 0 Å². The lowest BCUT2D eigenvalue weighted by molar-refractivity contribution is -0.118. The Balaban J connectivity index is 2.57. The molecule has 82 valence electrons. The van der Waals surface area contributed by atoms with E-state index in [0.29, 0.717) is 25.1 Å². The molecule has 0 saturated carbocycles. The van der Waals surface area contributed by atoms with Crippen molar-refractivity contribution < 1.29 is 4.79 Å². The van der Waals surface area contributed by atoms with Crippen LogP contribution in [0.3, 0.4) is 0 Å². The fourth-order valence-electron chi connectivity index (χ4n) is 1.29. The summed E-state index contributed by atoms with van der Waals surface area (Å²) in [7, 11) is 0. The van der Waals surface area contributed by atoms with Gasteiger partial charge in [0.2, 0.25) is 0 Å². The Labute approximate surface area is 89.8 Å². The Morgan fingerprint density at radius 1 is 1.40 bits per heavy atom. The number of nitrogens with zero attached hydrogens (tertiary/aromatic N) is 1. The first-order chi connectivity index (χ1) is 7.15. The van der Waals surface area contributed by atoms with Crippen molar-refractivity contribution >= 4 is 17.2 Å². The van der Waals surface area contributed by atoms with Gasteiger partial charge in [-0.3, -0.25) is 4.79 Å². The molecule has 0 aliphatic carbocycles. The molecule has 1 aromatic carbocycles. The van der Waals surface area contributed by atoms with Crippen LogP contribution in [0.1, 0.15) is 19.8 Å². The summed E-state index contributed by atoms with van der Waals surface area (Å²) in [6, 6.07) is 7.35. The zero-order valence-electron chi connectivity index (χ0n) is 8.94. The Kier molecular flexibility index (Phi) is 4.12. The molecule has 0 aliphatic heterocycles. The van der Waals surface area contributed by atoms with Crippen molar-refractivity contribution in [1.29, 1.82) is 0 Å². The minimum atomic E-state index is 0.208. The van der Waals surface area contributed by atoms with E-state index < -0.39 is 0 Å². The number of nitrogen functional groups attached to an aromatic ring is 1. The summed E-state index contributed by atoms with van der Waals surface area (Å²) in [6.07, 6.45) is 1.01. The van der Waals surface area contributed by atoms with Crippen LogP contribution in [-0.2, 0) is 4.79 Å². The summed E-state index contributed by atoms with van der Waals surface area (Å²) in [6.45, 7) is 2.35. The fraction of sp³-hybridized carbons (Fsp3) is 0.364. The molecule has 0 amide bonds. The number of nitrogens with two attached hydrogens (primary N) is 2. The van der Waals surface area contributed by atoms with Gasteiger partial charge in [-0.1, -0.05) is 19.1 Å². The third-order valence-corrected chi connectivity index (χ3v) is 2.27. The first kappa shape index (κ1) is 11.5. The largest absolute Gasteiger partial charge is 0.397 e. The number of carbonyl (C=O) groups excluding carboxylic acids is 1. The summed E-state index contributed by atoms with van der Waals surface area (Å²) in [5.41, 5.74) is 7.15. The average Bonchev–Trinajstić information content (AvgIpc) is 2.26. The Hall–Kier alpha value is -1.55. The van der Waals surface area contributed by atoms with Crippen molar-refractivity contribution in [3.63, 3.8) is 0 Å². The monoisotopic (exact) mass is 207 g/mol. The number of hydrogen-bond donors (Lipinski definition) is 2. The lowest BCUT2D eigenvalue weighted by Gasteiger charge is -2.19. The van der Waals surface area contributed by atoms with Gasteiger partial charge in [0.15, 0.2) is 0 Å². The van der Waals surface area contributed by atoms with Crippen molar-refractivity contribution in [1.82, 2.24) is 0 Å². The van der Waals surface area contributed by atoms with Gasteiger partial charge in [0.05, 0.1) is 11.4 Å². The minimum Gasteiger partial charge on any atom is -0.397 e. The molecule has 4 N–H and O–H groups in total. The van der Waals surface area contributed by atoms with Crippen molar-refractivity contribution in [2.45, 2.75) is 19.8 Å². The quantitative estimate of drug-likeness (QED) is 0.434. The molecule has 4 heteroatoms. The van der Waals surface area contributed by atoms with Crippen LogP contribution < -0.4 is 16.6 Å². The molecule has 0 saturated heterocycles. The summed E-state index contributed by atoms with van der Waals surface area (Å²) < 4.78 is 0. The summed E-state index contributed by atoms with van der Waals surface area (Å²) in [4.78, 5) is 11.1. The molecule has 0 radical (unpaired) electrons. The molecule has 1 rings (SSSR count). The second kappa shape index (κ2) is 5.36. The lowest BCUT2D eigenvalue weighted by Crippen LogP contribution is -2.33. The Morgan fingerprint density at radius 2 is 2.07 bits per heavy atom. The molecule has 0 aliphatic rings. The van der Waals surface area contributed by atoms with Crippen LogP contribution in [0.25, 0.3) is 0 Å². The van der Waals surface area contributed by atoms with Gasteiger partial charge in [-0.05, 0) is 12.1 Å². The highest BCUT2D eigenvalue weighted by molar-refractivity contribution is 5.78. The number of anilines is 2. The second-order valence-corrected chi connectivity index (χ2v) is 3.39. The standard InChI is InChI=1S/C11H17N3O/c1-2-9(15)7-8-14(13)11-6-4-3-5-10(11)12/h3-6H,2,7-8,12-13H2,1H3. The second-order valence-electron chi connectivity index (χ2n) is 3.39. The third-order valence-electron chi connectivity index (χ3n) is 2.27. The van der Waals surface area contributed by atoms with E-state index in [1.807, 2.05) is 25.1 Å². The fourth-order valence-corrected chi connectivity index (χ4v) is 1.29. The van der Waals surface area contributed by atoms with Crippen LogP contribution >= 0.6 is 0 Å². The average molecular weight is 207 g/mol. The summed E-state index contributed by atoms with van der Waals surface area (Å²) in [5, 5.41) is 1.52. The van der Waals surface area contributed by atoms with Crippen LogP contribution in [0, 0.1) is 0 Å². The zero-order valence-corrected chi connectivity index (χ0v) is 8.94. The van der Waals surface area contributed by atoms with E-state index in [4.69, 9.17) is 11.6 Å². The number of rotatable bonds is 5. The highest BCUT2D eigenvalue weighted by atomic mass is 16.1. The van der Waals surface area contributed by atoms with Gasteiger partial charge < -0.3 is 10.7 Å². The molecule has 0 unspecified atom stereocenters. The third kappa shape index (κ3) is 3.25. The van der Waals surface area contributed by atoms with Crippen LogP contribution in [0.4, 0.5) is 11.4 Å². The molecule has 0 atom stereocenters. The first-order valence-corrected chi connectivity index (χ1v) is 5.03. The predicted octanol–water partition coefficient (Wildman–Crippen LogP) is 1.32. The van der Waals surface area contributed by atoms with E-state index in [0.717, 1.165) is 5.69 Å². The highest BCUT2D eigenvalue weighted by Gasteiger charge is 2.06. The highest BCUT2D eigenvalue weighted by Crippen LogP contribution is 2.19. The normalized spacial score (nSPS) is 10.0. The number of hydrazine groups is 1. The van der Waals surface area contributed by atoms with Crippen molar-refractivity contribution in [3.8, 4) is 0 Å². The smallest absolute Gasteiger partial charge is 0.134 e. The maximum atomic E-state index is 11.1. The number of Topliss-reactive ketones (excluding diaryl/α,β-unsaturated/α-hetero) is 1. The molecule has 4 nitrogen and oxygen atoms in total. The molecule has 0 aromatic heterocycles. The number of hydrogen-bond acceptors (Lipinski definition) is 4. The van der Waals surface area contributed by atoms with E-state index in [1.165, 1.54) is 5.01 Å². The first-order valence-electron chi connectivity index (χ1n) is 5.03. The molecule has 0 fully saturated rings. The van der Waals surface area contributed by atoms with Gasteiger partial charge in [-0.15, -0.1) is 0 Å². The van der Waals surface area contributed by atoms with Gasteiger partial charge in [0, 0.05) is 19.4 Å². The van der Waals surface area contributed by atoms with Crippen LogP contribution in [-0.4, -0.2) is 12.3 Å². The predicted molar refractivity (Wildman–Crippen MR) is 62.3 cm³/mol. The van der Waals surface area contributed by atoms with Crippen molar-refractivity contribution in [3.05, 3.63) is 24.3 Å². The van der Waals surface area contributed by atoms with Gasteiger partial charge in [0.1, 0.15) is 5.78 Å². The maximum Gasteiger partial charge on any atom is 0.134 e. The zero-order chi connectivity index (χ0) is 11.3. The van der Waals surface area contributed by atoms with Crippen LogP contribution in [0.5, 0.6) is 0 Å². The van der Waals surface area contributed by atoms with Crippen molar-refractivity contribution in [2.24, 2.45) is 5.84 Å². The number of carbonyl (C=O) groups is 1. The van der Waals surface area contributed by atoms with Gasteiger partial charge in [-0.2, -0.15) is 0 Å². The topological polar surface area (TPSA) is 72.3 Å². The molecule has 1 aromatic rings. The van der Waals surface area contributed by atoms with E-state index in [9.17, 15) is 4.79 Å². The minimum absolute atomic E-state index is 0.208. The van der Waals surface area contributed by atoms with Gasteiger partial charge >= 0.3 is 0 Å². The molecule has 0 heterocycles. The van der Waals surface area contributed by atoms with E-state index >= 15 is 0 Å². The maximum absolute atomic E-state index is 11.1. The number of benzene rings is 1. The molecule has 0 bridgehead atoms. The van der Waals surface area contributed by atoms with E-state index in [2.05, 4.69) is 0 Å². The number of para-hydroxylation sites is 2. The Bertz CT molecular complexity index is 338. The SMILES string of the molecule is CCC(=O)CCN(N)c1ccccc1N. The Morgan fingerprint density at radius 3 is 2.67 bits per heavy atom. The molecular weight excluding hydrogens is 190 g/mol. The summed E-state index contributed by atoms with van der Waals surface area (Å²) in [5.74, 6) is 6.01. The molecular formula is C11H17N3O. The summed E-state index contributed by atoms with van der Waals surface area (Å²) >= 11 is 0. The van der Waals surface area contributed by atoms with Gasteiger partial charge in [-0.25, -0.2) is 5.84 Å². The molecule has 0 spiro atoms. The van der Waals surface area contributed by atoms with Crippen molar-refractivity contribution in [2.75, 3.05) is 17.3 Å². The van der Waals surface area contributed by atoms with Crippen LogP contribution in [0.15, 0.2) is 24.3 Å². The van der Waals surface area contributed by atoms with E-state index in [-0.39, 0.29) is 5.78 Å². The lowest BCUT2D eigenvalue weighted by atomic mass is 10.2. The number of ketones is 1. The van der Waals surface area contributed by atoms with Gasteiger partial charge in [0.25, 0.3) is 0 Å². The van der Waals surface area contributed by atoms with E-state index in [1.54, 1.807) is 6.07 Å².